The molecule has 1 aromatic carbocycles. The third kappa shape index (κ3) is 3.63. The Balaban J connectivity index is 3.00. The summed E-state index contributed by atoms with van der Waals surface area (Å²) in [5.41, 5.74) is 1.10. The van der Waals surface area contributed by atoms with Crippen molar-refractivity contribution >= 4 is 0 Å². The molecule has 1 nitrogen and oxygen atoms in total. The smallest absolute Gasteiger partial charge is 0.130 e. The van der Waals surface area contributed by atoms with Gasteiger partial charge in [0, 0.05) is 11.6 Å². The van der Waals surface area contributed by atoms with E-state index in [0.29, 0.717) is 13.0 Å². The largest absolute Gasteiger partial charge is 0.310 e. The van der Waals surface area contributed by atoms with E-state index in [9.17, 15) is 8.78 Å². The van der Waals surface area contributed by atoms with Crippen molar-refractivity contribution in [3.63, 3.8) is 0 Å². The van der Waals surface area contributed by atoms with Crippen LogP contribution in [0, 0.1) is 11.6 Å². The summed E-state index contributed by atoms with van der Waals surface area (Å²) >= 11 is 0. The van der Waals surface area contributed by atoms with Crippen molar-refractivity contribution < 1.29 is 8.78 Å². The molecule has 1 atom stereocenters. The van der Waals surface area contributed by atoms with Gasteiger partial charge >= 0.3 is 0 Å². The summed E-state index contributed by atoms with van der Waals surface area (Å²) < 4.78 is 27.3. The number of rotatable bonds is 6. The van der Waals surface area contributed by atoms with Crippen LogP contribution >= 0.6 is 0 Å². The lowest BCUT2D eigenvalue weighted by Gasteiger charge is -2.20. The molecule has 1 rings (SSSR count). The van der Waals surface area contributed by atoms with Crippen LogP contribution in [0.3, 0.4) is 0 Å². The van der Waals surface area contributed by atoms with E-state index in [4.69, 9.17) is 0 Å². The number of nitrogens with one attached hydrogen (secondary N) is 1. The van der Waals surface area contributed by atoms with E-state index in [2.05, 4.69) is 11.9 Å². The van der Waals surface area contributed by atoms with Gasteiger partial charge in [-0.3, -0.25) is 0 Å². The van der Waals surface area contributed by atoms with Crippen molar-refractivity contribution in [3.05, 3.63) is 47.5 Å². The first-order chi connectivity index (χ1) is 8.10. The molecule has 0 saturated heterocycles. The molecule has 0 heterocycles. The first-order valence-corrected chi connectivity index (χ1v) is 5.94. The van der Waals surface area contributed by atoms with E-state index in [-0.39, 0.29) is 11.6 Å². The molecule has 0 aliphatic heterocycles. The predicted molar refractivity (Wildman–Crippen MR) is 66.8 cm³/mol. The van der Waals surface area contributed by atoms with Gasteiger partial charge < -0.3 is 5.32 Å². The van der Waals surface area contributed by atoms with Crippen molar-refractivity contribution in [1.29, 1.82) is 0 Å². The summed E-state index contributed by atoms with van der Waals surface area (Å²) in [6, 6.07) is 3.62. The molecular weight excluding hydrogens is 220 g/mol. The standard InChI is InChI=1S/C14H19F2N/c1-4-10(3)9-13(17-5-2)14-11(15)7-6-8-12(14)16/h6-8,13,17H,3-5,9H2,1-2H3. The molecule has 0 bridgehead atoms. The Morgan fingerprint density at radius 2 is 1.88 bits per heavy atom. The predicted octanol–water partition coefficient (Wildman–Crippen LogP) is 3.97. The number of hydrogen-bond donors (Lipinski definition) is 1. The third-order valence-corrected chi connectivity index (χ3v) is 2.79. The summed E-state index contributed by atoms with van der Waals surface area (Å²) in [7, 11) is 0. The molecule has 0 aliphatic carbocycles. The molecule has 3 heteroatoms. The minimum atomic E-state index is -0.500. The zero-order valence-electron chi connectivity index (χ0n) is 10.4. The van der Waals surface area contributed by atoms with Gasteiger partial charge in [0.2, 0.25) is 0 Å². The van der Waals surface area contributed by atoms with Crippen LogP contribution in [0.1, 0.15) is 38.3 Å². The Morgan fingerprint density at radius 1 is 1.29 bits per heavy atom. The van der Waals surface area contributed by atoms with Gasteiger partial charge in [-0.1, -0.05) is 32.1 Å². The Labute approximate surface area is 102 Å². The summed E-state index contributed by atoms with van der Waals surface area (Å²) in [6.07, 6.45) is 1.38. The Bertz CT molecular complexity index is 368. The normalized spacial score (nSPS) is 12.5. The maximum Gasteiger partial charge on any atom is 0.130 e. The Morgan fingerprint density at radius 3 is 2.35 bits per heavy atom. The highest BCUT2D eigenvalue weighted by atomic mass is 19.1. The molecule has 0 aliphatic rings. The molecule has 17 heavy (non-hydrogen) atoms. The van der Waals surface area contributed by atoms with Gasteiger partial charge in [0.25, 0.3) is 0 Å². The molecule has 94 valence electrons. The average molecular weight is 239 g/mol. The van der Waals surface area contributed by atoms with Gasteiger partial charge in [-0.2, -0.15) is 0 Å². The number of benzene rings is 1. The SMILES string of the molecule is C=C(CC)CC(NCC)c1c(F)cccc1F. The third-order valence-electron chi connectivity index (χ3n) is 2.79. The molecule has 0 saturated carbocycles. The van der Waals surface area contributed by atoms with Gasteiger partial charge in [0.15, 0.2) is 0 Å². The van der Waals surface area contributed by atoms with Crippen LogP contribution in [-0.4, -0.2) is 6.54 Å². The van der Waals surface area contributed by atoms with Gasteiger partial charge in [-0.15, -0.1) is 0 Å². The lowest BCUT2D eigenvalue weighted by Crippen LogP contribution is -2.23. The summed E-state index contributed by atoms with van der Waals surface area (Å²) in [6.45, 7) is 8.46. The van der Waals surface area contributed by atoms with Gasteiger partial charge in [0.1, 0.15) is 11.6 Å². The fraction of sp³-hybridized carbons (Fsp3) is 0.429. The average Bonchev–Trinajstić information content (AvgIpc) is 2.28. The second-order valence-corrected chi connectivity index (χ2v) is 4.05. The fourth-order valence-electron chi connectivity index (χ4n) is 1.80. The lowest BCUT2D eigenvalue weighted by molar-refractivity contribution is 0.470. The van der Waals surface area contributed by atoms with Crippen LogP contribution in [0.15, 0.2) is 30.4 Å². The molecule has 0 radical (unpaired) electrons. The van der Waals surface area contributed by atoms with Crippen LogP contribution in [-0.2, 0) is 0 Å². The summed E-state index contributed by atoms with van der Waals surface area (Å²) in [5.74, 6) is -1.00. The Kier molecular flexibility index (Phi) is 5.29. The van der Waals surface area contributed by atoms with E-state index in [0.717, 1.165) is 12.0 Å². The van der Waals surface area contributed by atoms with Gasteiger partial charge in [-0.05, 0) is 31.5 Å². The first-order valence-electron chi connectivity index (χ1n) is 5.94. The van der Waals surface area contributed by atoms with Gasteiger partial charge in [0.05, 0.1) is 0 Å². The molecular formula is C14H19F2N. The zero-order valence-corrected chi connectivity index (χ0v) is 10.4. The first kappa shape index (κ1) is 13.8. The van der Waals surface area contributed by atoms with Crippen LogP contribution in [0.2, 0.25) is 0 Å². The maximum absolute atomic E-state index is 13.7. The minimum Gasteiger partial charge on any atom is -0.310 e. The van der Waals surface area contributed by atoms with E-state index in [1.807, 2.05) is 13.8 Å². The van der Waals surface area contributed by atoms with Crippen molar-refractivity contribution in [2.45, 2.75) is 32.7 Å². The number of halogens is 2. The van der Waals surface area contributed by atoms with Crippen LogP contribution in [0.4, 0.5) is 8.78 Å². The molecule has 1 aromatic rings. The van der Waals surface area contributed by atoms with Crippen molar-refractivity contribution in [2.75, 3.05) is 6.54 Å². The molecule has 0 aromatic heterocycles. The highest BCUT2D eigenvalue weighted by Gasteiger charge is 2.19. The van der Waals surface area contributed by atoms with E-state index in [1.54, 1.807) is 0 Å². The molecule has 0 spiro atoms. The van der Waals surface area contributed by atoms with E-state index in [1.165, 1.54) is 18.2 Å². The topological polar surface area (TPSA) is 12.0 Å². The van der Waals surface area contributed by atoms with Crippen LogP contribution in [0.25, 0.3) is 0 Å². The van der Waals surface area contributed by atoms with E-state index >= 15 is 0 Å². The molecule has 0 fully saturated rings. The highest BCUT2D eigenvalue weighted by Crippen LogP contribution is 2.26. The Hall–Kier alpha value is -1.22. The van der Waals surface area contributed by atoms with Crippen molar-refractivity contribution in [1.82, 2.24) is 5.32 Å². The zero-order chi connectivity index (χ0) is 12.8. The van der Waals surface area contributed by atoms with Crippen LogP contribution < -0.4 is 5.32 Å². The maximum atomic E-state index is 13.7. The molecule has 1 unspecified atom stereocenters. The van der Waals surface area contributed by atoms with Crippen LogP contribution in [0.5, 0.6) is 0 Å². The summed E-state index contributed by atoms with van der Waals surface area (Å²) in [5, 5.41) is 3.10. The highest BCUT2D eigenvalue weighted by molar-refractivity contribution is 5.24. The second kappa shape index (κ2) is 6.50. The van der Waals surface area contributed by atoms with Crippen molar-refractivity contribution in [2.24, 2.45) is 0 Å². The summed E-state index contributed by atoms with van der Waals surface area (Å²) in [4.78, 5) is 0. The molecule has 1 N–H and O–H groups in total. The fourth-order valence-corrected chi connectivity index (χ4v) is 1.80. The monoisotopic (exact) mass is 239 g/mol. The van der Waals surface area contributed by atoms with E-state index < -0.39 is 11.6 Å². The second-order valence-electron chi connectivity index (χ2n) is 4.05. The quantitative estimate of drug-likeness (QED) is 0.741. The molecule has 0 amide bonds. The van der Waals surface area contributed by atoms with Crippen molar-refractivity contribution in [3.8, 4) is 0 Å². The van der Waals surface area contributed by atoms with Gasteiger partial charge in [-0.25, -0.2) is 8.78 Å². The number of hydrogen-bond acceptors (Lipinski definition) is 1. The lowest BCUT2D eigenvalue weighted by atomic mass is 9.97. The minimum absolute atomic E-state index is 0.115.